The lowest BCUT2D eigenvalue weighted by molar-refractivity contribution is -0.383. The number of nitrogens with zero attached hydrogens (tertiary/aromatic N) is 5. The van der Waals surface area contributed by atoms with Crippen molar-refractivity contribution in [2.75, 3.05) is 29.9 Å². The predicted octanol–water partition coefficient (Wildman–Crippen LogP) is 2.30. The highest BCUT2D eigenvalue weighted by atomic mass is 16.6. The van der Waals surface area contributed by atoms with Gasteiger partial charge in [-0.1, -0.05) is 0 Å². The smallest absolute Gasteiger partial charge is 0.353 e. The number of carbonyl (C=O) groups is 1. The van der Waals surface area contributed by atoms with Crippen LogP contribution < -0.4 is 10.2 Å². The third-order valence-electron chi connectivity index (χ3n) is 4.27. The van der Waals surface area contributed by atoms with Gasteiger partial charge >= 0.3 is 11.7 Å². The van der Waals surface area contributed by atoms with Crippen LogP contribution in [0, 0.1) is 16.0 Å². The topological polar surface area (TPSA) is 123 Å². The Hall–Kier alpha value is -3.30. The minimum absolute atomic E-state index is 0.0921. The molecule has 142 valence electrons. The van der Waals surface area contributed by atoms with E-state index in [2.05, 4.69) is 20.3 Å². The number of esters is 1. The van der Waals surface area contributed by atoms with Crippen LogP contribution in [-0.2, 0) is 9.53 Å². The van der Waals surface area contributed by atoms with Crippen molar-refractivity contribution in [3.63, 3.8) is 0 Å². The van der Waals surface area contributed by atoms with Gasteiger partial charge < -0.3 is 15.0 Å². The van der Waals surface area contributed by atoms with Crippen molar-refractivity contribution in [1.82, 2.24) is 15.0 Å². The Balaban J connectivity index is 1.89. The molecule has 0 aromatic carbocycles. The van der Waals surface area contributed by atoms with E-state index in [1.165, 1.54) is 6.33 Å². The quantitative estimate of drug-likeness (QED) is 0.462. The molecule has 2 aromatic heterocycles. The van der Waals surface area contributed by atoms with E-state index in [0.29, 0.717) is 31.8 Å². The third kappa shape index (κ3) is 4.27. The van der Waals surface area contributed by atoms with Crippen LogP contribution in [0.1, 0.15) is 19.8 Å². The molecule has 27 heavy (non-hydrogen) atoms. The zero-order chi connectivity index (χ0) is 19.2. The number of anilines is 3. The number of nitrogens with one attached hydrogen (secondary N) is 1. The second-order valence-electron chi connectivity index (χ2n) is 6.05. The number of carbonyl (C=O) groups excluding carboxylic acids is 1. The van der Waals surface area contributed by atoms with Crippen LogP contribution in [-0.4, -0.2) is 45.5 Å². The first-order chi connectivity index (χ1) is 13.1. The van der Waals surface area contributed by atoms with Crippen molar-refractivity contribution in [2.45, 2.75) is 19.8 Å². The van der Waals surface area contributed by atoms with Gasteiger partial charge in [-0.25, -0.2) is 9.97 Å². The number of piperidine rings is 1. The average Bonchev–Trinajstić information content (AvgIpc) is 2.68. The molecular formula is C17H20N6O4. The monoisotopic (exact) mass is 372 g/mol. The van der Waals surface area contributed by atoms with Gasteiger partial charge in [0.2, 0.25) is 11.6 Å². The Kier molecular flexibility index (Phi) is 5.74. The molecule has 10 heteroatoms. The lowest BCUT2D eigenvalue weighted by Crippen LogP contribution is -2.40. The molecule has 2 aromatic rings. The highest BCUT2D eigenvalue weighted by molar-refractivity contribution is 5.76. The van der Waals surface area contributed by atoms with E-state index < -0.39 is 4.92 Å². The molecule has 3 heterocycles. The fourth-order valence-corrected chi connectivity index (χ4v) is 3.05. The summed E-state index contributed by atoms with van der Waals surface area (Å²) in [6.07, 6.45) is 5.84. The Morgan fingerprint density at radius 3 is 2.89 bits per heavy atom. The van der Waals surface area contributed by atoms with E-state index in [9.17, 15) is 14.9 Å². The first kappa shape index (κ1) is 18.5. The first-order valence-corrected chi connectivity index (χ1v) is 8.68. The van der Waals surface area contributed by atoms with Crippen molar-refractivity contribution in [2.24, 2.45) is 5.92 Å². The Morgan fingerprint density at radius 1 is 1.41 bits per heavy atom. The Bertz CT molecular complexity index is 816. The van der Waals surface area contributed by atoms with Gasteiger partial charge in [0, 0.05) is 31.2 Å². The molecule has 0 spiro atoms. The molecule has 1 fully saturated rings. The molecule has 3 rings (SSSR count). The number of hydrogen-bond acceptors (Lipinski definition) is 9. The van der Waals surface area contributed by atoms with Crippen molar-refractivity contribution in [3.05, 3.63) is 41.0 Å². The molecule has 0 amide bonds. The number of ether oxygens (including phenoxy) is 1. The third-order valence-corrected chi connectivity index (χ3v) is 4.27. The molecule has 1 atom stereocenters. The van der Waals surface area contributed by atoms with Crippen molar-refractivity contribution < 1.29 is 14.5 Å². The second-order valence-corrected chi connectivity index (χ2v) is 6.05. The summed E-state index contributed by atoms with van der Waals surface area (Å²) in [6, 6.07) is 3.37. The van der Waals surface area contributed by atoms with Gasteiger partial charge in [-0.2, -0.15) is 0 Å². The summed E-state index contributed by atoms with van der Waals surface area (Å²) in [7, 11) is 0. The van der Waals surface area contributed by atoms with Crippen LogP contribution in [0.4, 0.5) is 23.0 Å². The largest absolute Gasteiger partial charge is 0.466 e. The number of nitro groups is 1. The SMILES string of the molecule is CCOC(=O)C1CCCN(c2ncnc(Nc3ccncc3)c2[N+](=O)[O-])C1. The molecule has 0 bridgehead atoms. The lowest BCUT2D eigenvalue weighted by Gasteiger charge is -2.32. The molecule has 1 aliphatic rings. The van der Waals surface area contributed by atoms with E-state index in [1.54, 1.807) is 36.4 Å². The summed E-state index contributed by atoms with van der Waals surface area (Å²) >= 11 is 0. The van der Waals surface area contributed by atoms with E-state index in [0.717, 1.165) is 6.42 Å². The summed E-state index contributed by atoms with van der Waals surface area (Å²) < 4.78 is 5.10. The van der Waals surface area contributed by atoms with Gasteiger partial charge in [-0.05, 0) is 31.9 Å². The highest BCUT2D eigenvalue weighted by Gasteiger charge is 2.33. The molecule has 10 nitrogen and oxygen atoms in total. The molecule has 1 saturated heterocycles. The number of hydrogen-bond donors (Lipinski definition) is 1. The minimum Gasteiger partial charge on any atom is -0.466 e. The van der Waals surface area contributed by atoms with Crippen LogP contribution >= 0.6 is 0 Å². The molecule has 0 saturated carbocycles. The Labute approximate surface area is 155 Å². The number of aromatic nitrogens is 3. The van der Waals surface area contributed by atoms with Gasteiger partial charge in [0.25, 0.3) is 0 Å². The molecule has 0 aliphatic carbocycles. The van der Waals surface area contributed by atoms with E-state index in [4.69, 9.17) is 4.74 Å². The fraction of sp³-hybridized carbons (Fsp3) is 0.412. The van der Waals surface area contributed by atoms with E-state index in [1.807, 2.05) is 0 Å². The second kappa shape index (κ2) is 8.39. The summed E-state index contributed by atoms with van der Waals surface area (Å²) in [4.78, 5) is 37.1. The molecule has 0 radical (unpaired) electrons. The van der Waals surface area contributed by atoms with Gasteiger partial charge in [0.05, 0.1) is 17.4 Å². The lowest BCUT2D eigenvalue weighted by atomic mass is 9.98. The normalized spacial score (nSPS) is 16.6. The highest BCUT2D eigenvalue weighted by Crippen LogP contribution is 2.35. The van der Waals surface area contributed by atoms with Crippen LogP contribution in [0.15, 0.2) is 30.9 Å². The van der Waals surface area contributed by atoms with E-state index in [-0.39, 0.29) is 29.2 Å². The number of pyridine rings is 1. The molecule has 1 unspecified atom stereocenters. The van der Waals surface area contributed by atoms with Crippen LogP contribution in [0.5, 0.6) is 0 Å². The van der Waals surface area contributed by atoms with Gasteiger partial charge in [0.1, 0.15) is 6.33 Å². The molecular weight excluding hydrogens is 352 g/mol. The molecule has 1 aliphatic heterocycles. The van der Waals surface area contributed by atoms with Crippen molar-refractivity contribution in [1.29, 1.82) is 0 Å². The van der Waals surface area contributed by atoms with Gasteiger partial charge in [0.15, 0.2) is 0 Å². The average molecular weight is 372 g/mol. The fourth-order valence-electron chi connectivity index (χ4n) is 3.05. The van der Waals surface area contributed by atoms with Crippen molar-refractivity contribution >= 4 is 29.0 Å². The minimum atomic E-state index is -0.507. The van der Waals surface area contributed by atoms with Gasteiger partial charge in [-0.15, -0.1) is 0 Å². The maximum Gasteiger partial charge on any atom is 0.353 e. The maximum absolute atomic E-state index is 12.1. The van der Waals surface area contributed by atoms with Crippen LogP contribution in [0.3, 0.4) is 0 Å². The van der Waals surface area contributed by atoms with Gasteiger partial charge in [-0.3, -0.25) is 19.9 Å². The van der Waals surface area contributed by atoms with Crippen molar-refractivity contribution in [3.8, 4) is 0 Å². The summed E-state index contributed by atoms with van der Waals surface area (Å²) in [5.41, 5.74) is 0.402. The summed E-state index contributed by atoms with van der Waals surface area (Å²) in [5.74, 6) is -0.325. The Morgan fingerprint density at radius 2 is 2.19 bits per heavy atom. The van der Waals surface area contributed by atoms with Crippen LogP contribution in [0.2, 0.25) is 0 Å². The summed E-state index contributed by atoms with van der Waals surface area (Å²) in [6.45, 7) is 2.96. The standard InChI is InChI=1S/C17H20N6O4/c1-2-27-17(24)12-4-3-9-22(10-12)16-14(23(25)26)15(19-11-20-16)21-13-5-7-18-8-6-13/h5-8,11-12H,2-4,9-10H2,1H3,(H,18,19,20,21). The zero-order valence-electron chi connectivity index (χ0n) is 14.9. The zero-order valence-corrected chi connectivity index (χ0v) is 14.9. The molecule has 1 N–H and O–H groups in total. The predicted molar refractivity (Wildman–Crippen MR) is 97.8 cm³/mol. The first-order valence-electron chi connectivity index (χ1n) is 8.68. The summed E-state index contributed by atoms with van der Waals surface area (Å²) in [5, 5.41) is 14.7. The number of rotatable bonds is 6. The maximum atomic E-state index is 12.1. The van der Waals surface area contributed by atoms with E-state index >= 15 is 0 Å². The van der Waals surface area contributed by atoms with Crippen LogP contribution in [0.25, 0.3) is 0 Å².